The van der Waals surface area contributed by atoms with Gasteiger partial charge < -0.3 is 19.9 Å². The smallest absolute Gasteiger partial charge is 0.138 e. The maximum absolute atomic E-state index is 4.85. The van der Waals surface area contributed by atoms with Crippen LogP contribution in [0.15, 0.2) is 133 Å². The lowest BCUT2D eigenvalue weighted by Gasteiger charge is -2.00. The molecule has 0 aliphatic rings. The first-order valence-electron chi connectivity index (χ1n) is 18.7. The lowest BCUT2D eigenvalue weighted by molar-refractivity contribution is 0.923. The van der Waals surface area contributed by atoms with Crippen molar-refractivity contribution in [2.75, 3.05) is 0 Å². The van der Waals surface area contributed by atoms with Gasteiger partial charge in [-0.05, 0) is 84.6 Å². The third-order valence-corrected chi connectivity index (χ3v) is 9.77. The number of H-pyrrole nitrogens is 4. The van der Waals surface area contributed by atoms with E-state index in [-0.39, 0.29) is 0 Å². The molecule has 0 amide bonds. The maximum Gasteiger partial charge on any atom is 0.138 e. The van der Waals surface area contributed by atoms with Crippen LogP contribution < -0.4 is 0 Å². The lowest BCUT2D eigenvalue weighted by Crippen LogP contribution is -1.84. The normalized spacial score (nSPS) is 11.4. The summed E-state index contributed by atoms with van der Waals surface area (Å²) < 4.78 is 0. The topological polar surface area (TPSA) is 115 Å². The summed E-state index contributed by atoms with van der Waals surface area (Å²) in [5.74, 6) is 3.52. The highest BCUT2D eigenvalue weighted by molar-refractivity contribution is 5.84. The molecule has 54 heavy (non-hydrogen) atoms. The van der Waals surface area contributed by atoms with Gasteiger partial charge in [-0.15, -0.1) is 0 Å². The van der Waals surface area contributed by atoms with Gasteiger partial charge in [-0.1, -0.05) is 99.5 Å². The number of fused-ring (bicyclic) bond motifs is 4. The minimum Gasteiger partial charge on any atom is -0.338 e. The van der Waals surface area contributed by atoms with Gasteiger partial charge >= 0.3 is 0 Å². The fraction of sp³-hybridized carbons (Fsp3) is 0.130. The molecule has 8 nitrogen and oxygen atoms in total. The molecule has 8 heteroatoms. The first kappa shape index (κ1) is 33.1. The minimum absolute atomic E-state index is 0.870. The van der Waals surface area contributed by atoms with Gasteiger partial charge in [0, 0.05) is 22.3 Å². The first-order valence-corrected chi connectivity index (χ1v) is 18.7. The van der Waals surface area contributed by atoms with Crippen molar-refractivity contribution in [3.05, 3.63) is 145 Å². The summed E-state index contributed by atoms with van der Waals surface area (Å²) in [6, 6.07) is 45.8. The van der Waals surface area contributed by atoms with E-state index in [0.29, 0.717) is 0 Å². The zero-order chi connectivity index (χ0) is 36.4. The number of aromatic amines is 4. The Balaban J connectivity index is 0.000000146. The van der Waals surface area contributed by atoms with Crippen LogP contribution in [0.3, 0.4) is 0 Å². The summed E-state index contributed by atoms with van der Waals surface area (Å²) in [5, 5.41) is 0. The fourth-order valence-corrected chi connectivity index (χ4v) is 7.07. The molecule has 0 bridgehead atoms. The SMILES string of the molecule is CCCc1ccc2[nH]c(-c3cccc(-c4nc5cc(CCC)ccc5[nH]4)c3)nc2c1.c1cc(-c2nc3ccccc3[nH]2)cc(-c2nc3ccccc3[nH]2)c1. The van der Waals surface area contributed by atoms with E-state index in [9.17, 15) is 0 Å². The van der Waals surface area contributed by atoms with Crippen molar-refractivity contribution in [2.45, 2.75) is 39.5 Å². The van der Waals surface area contributed by atoms with Crippen molar-refractivity contribution in [1.29, 1.82) is 0 Å². The van der Waals surface area contributed by atoms with Crippen molar-refractivity contribution < 1.29 is 0 Å². The second-order valence-electron chi connectivity index (χ2n) is 13.7. The number of rotatable bonds is 8. The van der Waals surface area contributed by atoms with E-state index in [4.69, 9.17) is 9.97 Å². The number of hydrogen-bond donors (Lipinski definition) is 4. The van der Waals surface area contributed by atoms with E-state index in [1.807, 2.05) is 54.6 Å². The Hall–Kier alpha value is -6.80. The molecular formula is C46H40N8. The molecule has 264 valence electrons. The Morgan fingerprint density at radius 1 is 0.352 bits per heavy atom. The zero-order valence-corrected chi connectivity index (χ0v) is 30.3. The summed E-state index contributed by atoms with van der Waals surface area (Å²) in [6.45, 7) is 4.41. The van der Waals surface area contributed by atoms with Gasteiger partial charge in [0.1, 0.15) is 23.3 Å². The molecule has 0 aliphatic heterocycles. The molecule has 0 saturated heterocycles. The Kier molecular flexibility index (Phi) is 8.77. The molecule has 0 radical (unpaired) electrons. The van der Waals surface area contributed by atoms with Crippen LogP contribution in [0.5, 0.6) is 0 Å². The second-order valence-corrected chi connectivity index (χ2v) is 13.7. The van der Waals surface area contributed by atoms with E-state index < -0.39 is 0 Å². The van der Waals surface area contributed by atoms with Crippen molar-refractivity contribution >= 4 is 44.1 Å². The molecule has 0 atom stereocenters. The van der Waals surface area contributed by atoms with Crippen LogP contribution in [0.1, 0.15) is 37.8 Å². The van der Waals surface area contributed by atoms with Crippen LogP contribution in [0.25, 0.3) is 89.7 Å². The molecule has 0 spiro atoms. The Morgan fingerprint density at radius 2 is 0.704 bits per heavy atom. The van der Waals surface area contributed by atoms with Gasteiger partial charge in [0.25, 0.3) is 0 Å². The van der Waals surface area contributed by atoms with Gasteiger partial charge in [0.2, 0.25) is 0 Å². The minimum atomic E-state index is 0.870. The number of nitrogens with zero attached hydrogens (tertiary/aromatic N) is 4. The van der Waals surface area contributed by atoms with Crippen molar-refractivity contribution in [1.82, 2.24) is 39.9 Å². The second kappa shape index (κ2) is 14.3. The van der Waals surface area contributed by atoms with E-state index in [1.54, 1.807) is 0 Å². The summed E-state index contributed by atoms with van der Waals surface area (Å²) in [4.78, 5) is 32.7. The summed E-state index contributed by atoms with van der Waals surface area (Å²) in [7, 11) is 0. The van der Waals surface area contributed by atoms with Crippen LogP contribution in [0, 0.1) is 0 Å². The molecule has 10 aromatic rings. The third kappa shape index (κ3) is 6.65. The van der Waals surface area contributed by atoms with E-state index >= 15 is 0 Å². The number of benzene rings is 6. The predicted molar refractivity (Wildman–Crippen MR) is 221 cm³/mol. The number of para-hydroxylation sites is 4. The largest absolute Gasteiger partial charge is 0.338 e. The highest BCUT2D eigenvalue weighted by Gasteiger charge is 2.12. The number of aryl methyl sites for hydroxylation is 2. The molecule has 6 aromatic carbocycles. The summed E-state index contributed by atoms with van der Waals surface area (Å²) in [5.41, 5.74) is 15.1. The van der Waals surface area contributed by atoms with Crippen LogP contribution >= 0.6 is 0 Å². The monoisotopic (exact) mass is 704 g/mol. The van der Waals surface area contributed by atoms with Gasteiger partial charge in [-0.3, -0.25) is 0 Å². The third-order valence-electron chi connectivity index (χ3n) is 9.77. The maximum atomic E-state index is 4.85. The molecule has 10 rings (SSSR count). The van der Waals surface area contributed by atoms with Gasteiger partial charge in [0.05, 0.1) is 44.1 Å². The molecule has 4 aromatic heterocycles. The molecule has 0 unspecified atom stereocenters. The van der Waals surface area contributed by atoms with Gasteiger partial charge in [-0.25, -0.2) is 19.9 Å². The summed E-state index contributed by atoms with van der Waals surface area (Å²) >= 11 is 0. The van der Waals surface area contributed by atoms with Crippen LogP contribution in [-0.2, 0) is 12.8 Å². The van der Waals surface area contributed by atoms with Crippen LogP contribution in [-0.4, -0.2) is 39.9 Å². The zero-order valence-electron chi connectivity index (χ0n) is 30.3. The van der Waals surface area contributed by atoms with E-state index in [0.717, 1.165) is 115 Å². The molecule has 0 fully saturated rings. The van der Waals surface area contributed by atoms with Crippen molar-refractivity contribution in [2.24, 2.45) is 0 Å². The molecule has 0 aliphatic carbocycles. The summed E-state index contributed by atoms with van der Waals surface area (Å²) in [6.07, 6.45) is 4.45. The number of aromatic nitrogens is 8. The lowest BCUT2D eigenvalue weighted by atomic mass is 10.1. The van der Waals surface area contributed by atoms with E-state index in [1.165, 1.54) is 11.1 Å². The van der Waals surface area contributed by atoms with E-state index in [2.05, 4.69) is 123 Å². The molecule has 4 N–H and O–H groups in total. The standard InChI is InChI=1S/C26H26N4.C20H14N4/c1-3-6-17-10-12-21-23(14-17)29-25(27-21)19-8-5-9-20(16-19)26-28-22-13-11-18(7-4-2)15-24(22)30-26;1-2-9-16-15(8-1)21-19(22-16)13-6-5-7-14(12-13)20-23-17-10-3-4-11-18(17)24-20/h5,8-16H,3-4,6-7H2,1-2H3,(H,27,29)(H,28,30);1-12H,(H,21,22)(H,23,24). The quantitative estimate of drug-likeness (QED) is 0.126. The van der Waals surface area contributed by atoms with Crippen molar-refractivity contribution in [3.8, 4) is 45.6 Å². The Labute approximate surface area is 312 Å². The molecule has 4 heterocycles. The number of hydrogen-bond acceptors (Lipinski definition) is 4. The van der Waals surface area contributed by atoms with Crippen LogP contribution in [0.2, 0.25) is 0 Å². The average Bonchev–Trinajstić information content (AvgIpc) is 4.02. The van der Waals surface area contributed by atoms with Crippen molar-refractivity contribution in [3.63, 3.8) is 0 Å². The molecule has 0 saturated carbocycles. The highest BCUT2D eigenvalue weighted by atomic mass is 14.9. The number of imidazole rings is 4. The number of nitrogens with one attached hydrogen (secondary N) is 4. The first-order chi connectivity index (χ1) is 26.6. The van der Waals surface area contributed by atoms with Crippen LogP contribution in [0.4, 0.5) is 0 Å². The highest BCUT2D eigenvalue weighted by Crippen LogP contribution is 2.29. The Morgan fingerprint density at radius 3 is 1.07 bits per heavy atom. The van der Waals surface area contributed by atoms with Gasteiger partial charge in [0.15, 0.2) is 0 Å². The Bertz CT molecular complexity index is 2630. The molecular weight excluding hydrogens is 665 g/mol. The predicted octanol–water partition coefficient (Wildman–Crippen LogP) is 11.5. The van der Waals surface area contributed by atoms with Gasteiger partial charge in [-0.2, -0.15) is 0 Å². The average molecular weight is 705 g/mol. The fourth-order valence-electron chi connectivity index (χ4n) is 7.07.